The van der Waals surface area contributed by atoms with E-state index in [0.29, 0.717) is 13.2 Å². The van der Waals surface area contributed by atoms with E-state index in [1.165, 1.54) is 5.56 Å². The first-order chi connectivity index (χ1) is 8.89. The Morgan fingerprint density at radius 3 is 2.68 bits per heavy atom. The Labute approximate surface area is 114 Å². The molecule has 0 aliphatic carbocycles. The van der Waals surface area contributed by atoms with E-state index in [9.17, 15) is 4.79 Å². The fourth-order valence-corrected chi connectivity index (χ4v) is 2.40. The summed E-state index contributed by atoms with van der Waals surface area (Å²) in [7, 11) is 0. The second-order valence-corrected chi connectivity index (χ2v) is 5.91. The Balaban J connectivity index is 2.29. The van der Waals surface area contributed by atoms with Gasteiger partial charge in [-0.05, 0) is 17.0 Å². The molecule has 104 valence electrons. The van der Waals surface area contributed by atoms with Gasteiger partial charge in [-0.1, -0.05) is 39.0 Å². The van der Waals surface area contributed by atoms with Gasteiger partial charge in [0, 0.05) is 12.2 Å². The quantitative estimate of drug-likeness (QED) is 0.889. The fraction of sp³-hybridized carbons (Fsp3) is 0.533. The van der Waals surface area contributed by atoms with Crippen LogP contribution >= 0.6 is 0 Å². The number of aliphatic carboxylic acids is 1. The number of carboxylic acids is 1. The highest BCUT2D eigenvalue weighted by atomic mass is 16.5. The third kappa shape index (κ3) is 3.07. The van der Waals surface area contributed by atoms with Gasteiger partial charge in [-0.2, -0.15) is 0 Å². The summed E-state index contributed by atoms with van der Waals surface area (Å²) < 4.78 is 5.28. The van der Waals surface area contributed by atoms with Crippen LogP contribution in [0.5, 0.6) is 0 Å². The molecule has 19 heavy (non-hydrogen) atoms. The Kier molecular flexibility index (Phi) is 3.80. The molecule has 1 unspecified atom stereocenters. The molecule has 1 heterocycles. The van der Waals surface area contributed by atoms with Gasteiger partial charge in [0.2, 0.25) is 0 Å². The number of carboxylic acid groups (broad SMARTS) is 1. The molecule has 0 amide bonds. The Bertz CT molecular complexity index is 465. The molecule has 0 bridgehead atoms. The predicted octanol–water partition coefficient (Wildman–Crippen LogP) is 2.27. The number of benzene rings is 1. The second-order valence-electron chi connectivity index (χ2n) is 5.91. The number of hydrogen-bond acceptors (Lipinski definition) is 3. The summed E-state index contributed by atoms with van der Waals surface area (Å²) in [4.78, 5) is 13.2. The number of morpholine rings is 1. The molecule has 1 aliphatic heterocycles. The minimum atomic E-state index is -0.891. The van der Waals surface area contributed by atoms with Gasteiger partial charge in [0.05, 0.1) is 13.2 Å². The van der Waals surface area contributed by atoms with E-state index < -0.39 is 12.1 Å². The molecule has 2 rings (SSSR count). The second kappa shape index (κ2) is 5.21. The zero-order valence-electron chi connectivity index (χ0n) is 11.7. The van der Waals surface area contributed by atoms with Crippen molar-refractivity contribution in [3.8, 4) is 0 Å². The number of para-hydroxylation sites is 1. The van der Waals surface area contributed by atoms with Crippen LogP contribution in [0.1, 0.15) is 26.3 Å². The average molecular weight is 263 g/mol. The molecule has 0 radical (unpaired) electrons. The zero-order valence-corrected chi connectivity index (χ0v) is 11.7. The standard InChI is InChI=1S/C15H21NO3/c1-15(2,3)11-6-4-5-7-12(11)16-8-9-19-13(10-16)14(17)18/h4-7,13H,8-10H2,1-3H3,(H,17,18). The van der Waals surface area contributed by atoms with Crippen molar-refractivity contribution in [3.05, 3.63) is 29.8 Å². The summed E-state index contributed by atoms with van der Waals surface area (Å²) in [5.41, 5.74) is 2.39. The zero-order chi connectivity index (χ0) is 14.0. The molecule has 1 aliphatic rings. The molecule has 0 spiro atoms. The number of carbonyl (C=O) groups is 1. The molecule has 1 saturated heterocycles. The van der Waals surface area contributed by atoms with Gasteiger partial charge in [0.15, 0.2) is 6.10 Å². The van der Waals surface area contributed by atoms with Crippen molar-refractivity contribution in [1.82, 2.24) is 0 Å². The fourth-order valence-electron chi connectivity index (χ4n) is 2.40. The number of rotatable bonds is 2. The van der Waals surface area contributed by atoms with Crippen LogP contribution in [0, 0.1) is 0 Å². The number of anilines is 1. The summed E-state index contributed by atoms with van der Waals surface area (Å²) >= 11 is 0. The molecule has 1 atom stereocenters. The summed E-state index contributed by atoms with van der Waals surface area (Å²) in [5, 5.41) is 9.08. The van der Waals surface area contributed by atoms with Gasteiger partial charge in [-0.3, -0.25) is 0 Å². The summed E-state index contributed by atoms with van der Waals surface area (Å²) in [6.45, 7) is 8.09. The number of nitrogens with zero attached hydrogens (tertiary/aromatic N) is 1. The molecular formula is C15H21NO3. The average Bonchev–Trinajstić information content (AvgIpc) is 2.38. The van der Waals surface area contributed by atoms with Gasteiger partial charge < -0.3 is 14.7 Å². The first-order valence-corrected chi connectivity index (χ1v) is 6.58. The van der Waals surface area contributed by atoms with E-state index in [1.54, 1.807) is 0 Å². The molecule has 1 aromatic carbocycles. The van der Waals surface area contributed by atoms with Crippen LogP contribution in [0.15, 0.2) is 24.3 Å². The van der Waals surface area contributed by atoms with Crippen LogP contribution in [0.4, 0.5) is 5.69 Å². The first-order valence-electron chi connectivity index (χ1n) is 6.58. The highest BCUT2D eigenvalue weighted by Gasteiger charge is 2.29. The minimum Gasteiger partial charge on any atom is -0.479 e. The van der Waals surface area contributed by atoms with Crippen LogP contribution in [0.3, 0.4) is 0 Å². The minimum absolute atomic E-state index is 0.0353. The molecule has 1 fully saturated rings. The Morgan fingerprint density at radius 2 is 2.05 bits per heavy atom. The third-order valence-corrected chi connectivity index (χ3v) is 3.39. The smallest absolute Gasteiger partial charge is 0.334 e. The lowest BCUT2D eigenvalue weighted by Gasteiger charge is -2.36. The molecule has 4 nitrogen and oxygen atoms in total. The topological polar surface area (TPSA) is 49.8 Å². The largest absolute Gasteiger partial charge is 0.479 e. The van der Waals surface area contributed by atoms with Crippen molar-refractivity contribution >= 4 is 11.7 Å². The van der Waals surface area contributed by atoms with E-state index in [-0.39, 0.29) is 5.41 Å². The maximum Gasteiger partial charge on any atom is 0.334 e. The van der Waals surface area contributed by atoms with Crippen molar-refractivity contribution < 1.29 is 14.6 Å². The van der Waals surface area contributed by atoms with Crippen molar-refractivity contribution in [2.24, 2.45) is 0 Å². The Hall–Kier alpha value is -1.55. The van der Waals surface area contributed by atoms with Crippen molar-refractivity contribution in [3.63, 3.8) is 0 Å². The molecule has 0 saturated carbocycles. The maximum absolute atomic E-state index is 11.1. The lowest BCUT2D eigenvalue weighted by molar-refractivity contribution is -0.150. The van der Waals surface area contributed by atoms with Crippen LogP contribution < -0.4 is 4.90 Å². The van der Waals surface area contributed by atoms with E-state index >= 15 is 0 Å². The van der Waals surface area contributed by atoms with Gasteiger partial charge in [-0.15, -0.1) is 0 Å². The summed E-state index contributed by atoms with van der Waals surface area (Å²) in [6.07, 6.45) is -0.734. The number of hydrogen-bond donors (Lipinski definition) is 1. The van der Waals surface area contributed by atoms with E-state index in [0.717, 1.165) is 12.2 Å². The molecule has 0 aromatic heterocycles. The van der Waals surface area contributed by atoms with Crippen molar-refractivity contribution in [1.29, 1.82) is 0 Å². The SMILES string of the molecule is CC(C)(C)c1ccccc1N1CCOC(C(=O)O)C1. The van der Waals surface area contributed by atoms with Crippen LogP contribution in [0.2, 0.25) is 0 Å². The van der Waals surface area contributed by atoms with Crippen molar-refractivity contribution in [2.75, 3.05) is 24.6 Å². The normalized spacial score (nSPS) is 20.4. The summed E-state index contributed by atoms with van der Waals surface area (Å²) in [5.74, 6) is -0.891. The molecule has 1 aromatic rings. The van der Waals surface area contributed by atoms with Crippen molar-refractivity contribution in [2.45, 2.75) is 32.3 Å². The summed E-state index contributed by atoms with van der Waals surface area (Å²) in [6, 6.07) is 8.19. The van der Waals surface area contributed by atoms with Crippen LogP contribution in [0.25, 0.3) is 0 Å². The van der Waals surface area contributed by atoms with Gasteiger partial charge in [-0.25, -0.2) is 4.79 Å². The van der Waals surface area contributed by atoms with Gasteiger partial charge in [0.1, 0.15) is 0 Å². The number of ether oxygens (including phenoxy) is 1. The van der Waals surface area contributed by atoms with Gasteiger partial charge >= 0.3 is 5.97 Å². The van der Waals surface area contributed by atoms with Crippen LogP contribution in [-0.4, -0.2) is 36.9 Å². The monoisotopic (exact) mass is 263 g/mol. The lowest BCUT2D eigenvalue weighted by Crippen LogP contribution is -2.46. The first kappa shape index (κ1) is 13.9. The van der Waals surface area contributed by atoms with Crippen LogP contribution in [-0.2, 0) is 14.9 Å². The predicted molar refractivity (Wildman–Crippen MR) is 74.7 cm³/mol. The highest BCUT2D eigenvalue weighted by Crippen LogP contribution is 2.32. The van der Waals surface area contributed by atoms with E-state index in [1.807, 2.05) is 12.1 Å². The highest BCUT2D eigenvalue weighted by molar-refractivity contribution is 5.74. The lowest BCUT2D eigenvalue weighted by atomic mass is 9.85. The van der Waals surface area contributed by atoms with E-state index in [4.69, 9.17) is 9.84 Å². The third-order valence-electron chi connectivity index (χ3n) is 3.39. The molecule has 4 heteroatoms. The Morgan fingerprint density at radius 1 is 1.37 bits per heavy atom. The molecule has 1 N–H and O–H groups in total. The van der Waals surface area contributed by atoms with Gasteiger partial charge in [0.25, 0.3) is 0 Å². The maximum atomic E-state index is 11.1. The molecular weight excluding hydrogens is 242 g/mol. The van der Waals surface area contributed by atoms with E-state index in [2.05, 4.69) is 37.8 Å².